The molecule has 3 aromatic rings. The van der Waals surface area contributed by atoms with Gasteiger partial charge in [-0.25, -0.2) is 9.79 Å². The normalized spacial score (nSPS) is 14.7. The van der Waals surface area contributed by atoms with E-state index in [1.807, 2.05) is 36.4 Å². The topological polar surface area (TPSA) is 109 Å². The first-order valence-corrected chi connectivity index (χ1v) is 10.5. The standard InChI is InChI=1S/C22H18N4O5S/c1-25-19(21(29)31-24-25)18(27)13-32-22-23-17(12-14-7-6-10-16(11-14)30-2)20(28)26(22)15-8-4-3-5-9-15/h3-12H,13H2,1-2H3/p+1/b17-12+. The van der Waals surface area contributed by atoms with E-state index < -0.39 is 11.4 Å². The molecule has 1 amide bonds. The average molecular weight is 451 g/mol. The van der Waals surface area contributed by atoms with Crippen LogP contribution in [0.2, 0.25) is 0 Å². The number of amides is 1. The fourth-order valence-corrected chi connectivity index (χ4v) is 4.00. The molecule has 1 aliphatic rings. The summed E-state index contributed by atoms with van der Waals surface area (Å²) in [7, 11) is 3.07. The Morgan fingerprint density at radius 1 is 1.22 bits per heavy atom. The SMILES string of the molecule is COc1cccc(/C=C2/N=C(SCC(=O)c3c(=O)o[nH][n+]3C)N(c3ccccc3)C2=O)c1. The zero-order valence-corrected chi connectivity index (χ0v) is 18.1. The Morgan fingerprint density at radius 2 is 2.00 bits per heavy atom. The van der Waals surface area contributed by atoms with Crippen molar-refractivity contribution in [3.8, 4) is 5.75 Å². The zero-order chi connectivity index (χ0) is 22.7. The van der Waals surface area contributed by atoms with Crippen LogP contribution in [0.1, 0.15) is 16.1 Å². The van der Waals surface area contributed by atoms with Gasteiger partial charge in [-0.3, -0.25) is 19.0 Å². The molecule has 0 saturated carbocycles. The number of methoxy groups -OCH3 is 1. The van der Waals surface area contributed by atoms with Gasteiger partial charge < -0.3 is 4.74 Å². The highest BCUT2D eigenvalue weighted by molar-refractivity contribution is 8.14. The van der Waals surface area contributed by atoms with E-state index in [9.17, 15) is 14.4 Å². The maximum atomic E-state index is 13.2. The Bertz CT molecular complexity index is 1290. The maximum Gasteiger partial charge on any atom is 0.438 e. The van der Waals surface area contributed by atoms with Crippen LogP contribution in [-0.4, -0.2) is 35.0 Å². The predicted molar refractivity (Wildman–Crippen MR) is 120 cm³/mol. The highest BCUT2D eigenvalue weighted by Crippen LogP contribution is 2.29. The van der Waals surface area contributed by atoms with Gasteiger partial charge in [-0.15, -0.1) is 0 Å². The third-order valence-electron chi connectivity index (χ3n) is 4.64. The molecule has 32 heavy (non-hydrogen) atoms. The second-order valence-electron chi connectivity index (χ2n) is 6.78. The van der Waals surface area contributed by atoms with Crippen LogP contribution in [0.15, 0.2) is 74.6 Å². The maximum absolute atomic E-state index is 13.2. The average Bonchev–Trinajstić information content (AvgIpc) is 3.30. The van der Waals surface area contributed by atoms with Crippen LogP contribution < -0.4 is 19.9 Å². The number of ether oxygens (including phenoxy) is 1. The van der Waals surface area contributed by atoms with Gasteiger partial charge in [0.15, 0.2) is 12.2 Å². The third kappa shape index (κ3) is 4.26. The summed E-state index contributed by atoms with van der Waals surface area (Å²) in [6.07, 6.45) is 1.66. The summed E-state index contributed by atoms with van der Waals surface area (Å²) in [5.41, 5.74) is 0.742. The molecule has 0 spiro atoms. The van der Waals surface area contributed by atoms with E-state index in [0.717, 1.165) is 17.3 Å². The molecule has 0 unspecified atom stereocenters. The molecule has 10 heteroatoms. The summed E-state index contributed by atoms with van der Waals surface area (Å²) in [6, 6.07) is 16.3. The second-order valence-corrected chi connectivity index (χ2v) is 7.72. The molecule has 0 bridgehead atoms. The Labute approximate surface area is 187 Å². The number of carbonyl (C=O) groups is 2. The number of H-pyrrole nitrogens is 1. The predicted octanol–water partition coefficient (Wildman–Crippen LogP) is 2.16. The number of amidine groups is 1. The molecule has 4 rings (SSSR count). The van der Waals surface area contributed by atoms with E-state index in [2.05, 4.69) is 14.8 Å². The van der Waals surface area contributed by atoms with Crippen LogP contribution in [0.5, 0.6) is 5.75 Å². The summed E-state index contributed by atoms with van der Waals surface area (Å²) >= 11 is 1.07. The quantitative estimate of drug-likeness (QED) is 0.350. The van der Waals surface area contributed by atoms with Gasteiger partial charge in [0, 0.05) is 0 Å². The highest BCUT2D eigenvalue weighted by atomic mass is 32.2. The number of aromatic nitrogens is 2. The number of carbonyl (C=O) groups excluding carboxylic acids is 2. The molecular weight excluding hydrogens is 432 g/mol. The summed E-state index contributed by atoms with van der Waals surface area (Å²) in [5, 5.41) is 2.66. The lowest BCUT2D eigenvalue weighted by atomic mass is 10.2. The first-order chi connectivity index (χ1) is 15.5. The number of hydrogen-bond acceptors (Lipinski definition) is 7. The van der Waals surface area contributed by atoms with Gasteiger partial charge in [-0.05, 0) is 41.2 Å². The summed E-state index contributed by atoms with van der Waals surface area (Å²) in [4.78, 5) is 43.5. The van der Waals surface area contributed by atoms with Gasteiger partial charge in [0.2, 0.25) is 5.78 Å². The number of rotatable bonds is 6. The number of aryl methyl sites for hydroxylation is 1. The molecule has 2 aromatic carbocycles. The number of ketones is 1. The lowest BCUT2D eigenvalue weighted by Gasteiger charge is -2.17. The molecule has 1 N–H and O–H groups in total. The van der Waals surface area contributed by atoms with Gasteiger partial charge in [-0.1, -0.05) is 46.8 Å². The van der Waals surface area contributed by atoms with Crippen LogP contribution in [-0.2, 0) is 11.8 Å². The molecular formula is C22H19N4O5S+. The van der Waals surface area contributed by atoms with Crippen molar-refractivity contribution in [3.05, 3.63) is 82.0 Å². The van der Waals surface area contributed by atoms with Crippen LogP contribution in [0.4, 0.5) is 5.69 Å². The Kier molecular flexibility index (Phi) is 6.04. The molecule has 0 saturated heterocycles. The third-order valence-corrected chi connectivity index (χ3v) is 5.58. The number of nitrogens with zero attached hydrogens (tertiary/aromatic N) is 3. The number of hydrogen-bond donors (Lipinski definition) is 1. The van der Waals surface area contributed by atoms with Crippen LogP contribution >= 0.6 is 11.8 Å². The Balaban J connectivity index is 1.65. The van der Waals surface area contributed by atoms with Gasteiger partial charge in [0.25, 0.3) is 5.91 Å². The van der Waals surface area contributed by atoms with Gasteiger partial charge >= 0.3 is 11.3 Å². The number of anilines is 1. The van der Waals surface area contributed by atoms with E-state index in [1.165, 1.54) is 16.6 Å². The fraction of sp³-hybridized carbons (Fsp3) is 0.136. The van der Waals surface area contributed by atoms with Crippen molar-refractivity contribution in [2.24, 2.45) is 12.0 Å². The first-order valence-electron chi connectivity index (χ1n) is 9.55. The molecule has 1 aliphatic heterocycles. The fourth-order valence-electron chi connectivity index (χ4n) is 3.13. The largest absolute Gasteiger partial charge is 0.497 e. The number of benzene rings is 2. The van der Waals surface area contributed by atoms with Crippen molar-refractivity contribution in [2.75, 3.05) is 17.8 Å². The zero-order valence-electron chi connectivity index (χ0n) is 17.3. The molecule has 2 heterocycles. The summed E-state index contributed by atoms with van der Waals surface area (Å²) < 4.78 is 11.1. The van der Waals surface area contributed by atoms with Crippen LogP contribution in [0.3, 0.4) is 0 Å². The van der Waals surface area contributed by atoms with Crippen LogP contribution in [0, 0.1) is 0 Å². The lowest BCUT2D eigenvalue weighted by Crippen LogP contribution is -2.40. The molecule has 0 fully saturated rings. The molecule has 162 valence electrons. The number of aliphatic imine (C=N–C) groups is 1. The van der Waals surface area contributed by atoms with Crippen molar-refractivity contribution < 1.29 is 23.5 Å². The molecule has 0 atom stereocenters. The molecule has 0 aliphatic carbocycles. The molecule has 0 radical (unpaired) electrons. The van der Waals surface area contributed by atoms with E-state index in [0.29, 0.717) is 16.6 Å². The molecule has 1 aromatic heterocycles. The van der Waals surface area contributed by atoms with Crippen molar-refractivity contribution in [3.63, 3.8) is 0 Å². The van der Waals surface area contributed by atoms with Gasteiger partial charge in [0.05, 0.1) is 18.6 Å². The number of aromatic amines is 1. The van der Waals surface area contributed by atoms with Crippen molar-refractivity contribution >= 4 is 40.4 Å². The number of para-hydroxylation sites is 1. The minimum atomic E-state index is -0.749. The molecule has 9 nitrogen and oxygen atoms in total. The second kappa shape index (κ2) is 9.06. The summed E-state index contributed by atoms with van der Waals surface area (Å²) in [5.74, 6) is -0.202. The number of thioether (sulfide) groups is 1. The van der Waals surface area contributed by atoms with E-state index >= 15 is 0 Å². The smallest absolute Gasteiger partial charge is 0.438 e. The van der Waals surface area contributed by atoms with Gasteiger partial charge in [0.1, 0.15) is 11.4 Å². The van der Waals surface area contributed by atoms with E-state index in [-0.39, 0.29) is 23.1 Å². The number of nitrogens with one attached hydrogen (secondary N) is 1. The minimum Gasteiger partial charge on any atom is -0.497 e. The Hall–Kier alpha value is -3.92. The van der Waals surface area contributed by atoms with Crippen molar-refractivity contribution in [2.45, 2.75) is 0 Å². The van der Waals surface area contributed by atoms with Crippen molar-refractivity contribution in [1.29, 1.82) is 0 Å². The van der Waals surface area contributed by atoms with E-state index in [1.54, 1.807) is 31.4 Å². The summed E-state index contributed by atoms with van der Waals surface area (Å²) in [6.45, 7) is 0. The Morgan fingerprint density at radius 3 is 2.69 bits per heavy atom. The first kappa shape index (κ1) is 21.3. The van der Waals surface area contributed by atoms with Crippen LogP contribution in [0.25, 0.3) is 6.08 Å². The highest BCUT2D eigenvalue weighted by Gasteiger charge is 2.34. The lowest BCUT2D eigenvalue weighted by molar-refractivity contribution is -0.741. The van der Waals surface area contributed by atoms with E-state index in [4.69, 9.17) is 4.74 Å². The van der Waals surface area contributed by atoms with Gasteiger partial charge in [-0.2, -0.15) is 0 Å². The monoisotopic (exact) mass is 451 g/mol. The van der Waals surface area contributed by atoms with Crippen molar-refractivity contribution in [1.82, 2.24) is 5.27 Å². The number of Topliss-reactive ketones (excluding diaryl/α,β-unsaturated/α-hetero) is 1. The minimum absolute atomic E-state index is 0.0989.